The van der Waals surface area contributed by atoms with Crippen molar-refractivity contribution in [2.75, 3.05) is 20.5 Å². The highest BCUT2D eigenvalue weighted by Gasteiger charge is 2.63. The number of aliphatic hydroxyl groups is 1. The number of fused-ring (bicyclic) bond motifs is 1. The summed E-state index contributed by atoms with van der Waals surface area (Å²) in [7, 11) is -0.924. The van der Waals surface area contributed by atoms with Crippen LogP contribution in [0.2, 0.25) is 6.04 Å². The second-order valence-electron chi connectivity index (χ2n) is 8.43. The first-order valence-electron chi connectivity index (χ1n) is 10.1. The number of hydrogen-bond donors (Lipinski definition) is 1. The molecule has 1 saturated carbocycles. The molecule has 28 heavy (non-hydrogen) atoms. The third kappa shape index (κ3) is 3.15. The van der Waals surface area contributed by atoms with Gasteiger partial charge in [-0.2, -0.15) is 0 Å². The lowest BCUT2D eigenvalue weighted by Crippen LogP contribution is -2.74. The second kappa shape index (κ2) is 7.73. The van der Waals surface area contributed by atoms with Crippen molar-refractivity contribution in [1.82, 2.24) is 0 Å². The van der Waals surface area contributed by atoms with Gasteiger partial charge < -0.3 is 19.0 Å². The van der Waals surface area contributed by atoms with E-state index in [1.165, 1.54) is 10.4 Å². The molecule has 1 aliphatic heterocycles. The predicted octanol–water partition coefficient (Wildman–Crippen LogP) is 2.69. The van der Waals surface area contributed by atoms with Crippen molar-refractivity contribution in [2.45, 2.75) is 43.9 Å². The van der Waals surface area contributed by atoms with E-state index in [0.717, 1.165) is 19.3 Å². The van der Waals surface area contributed by atoms with Crippen molar-refractivity contribution in [1.29, 1.82) is 0 Å². The van der Waals surface area contributed by atoms with Crippen LogP contribution in [0.4, 0.5) is 0 Å². The first-order valence-corrected chi connectivity index (χ1v) is 12.2. The van der Waals surface area contributed by atoms with Crippen LogP contribution in [-0.2, 0) is 13.9 Å². The lowest BCUT2D eigenvalue weighted by molar-refractivity contribution is -0.217. The minimum Gasteiger partial charge on any atom is -0.407 e. The maximum absolute atomic E-state index is 12.0. The zero-order valence-corrected chi connectivity index (χ0v) is 17.8. The number of methoxy groups -OCH3 is 1. The molecule has 2 aromatic carbocycles. The summed E-state index contributed by atoms with van der Waals surface area (Å²) in [4.78, 5) is 0. The van der Waals surface area contributed by atoms with Crippen LogP contribution < -0.4 is 10.4 Å². The molecule has 1 heterocycles. The van der Waals surface area contributed by atoms with E-state index in [9.17, 15) is 5.11 Å². The molecule has 5 heteroatoms. The molecule has 2 fully saturated rings. The van der Waals surface area contributed by atoms with Crippen LogP contribution in [-0.4, -0.2) is 45.6 Å². The van der Waals surface area contributed by atoms with E-state index >= 15 is 0 Å². The molecule has 4 rings (SSSR count). The van der Waals surface area contributed by atoms with Gasteiger partial charge in [0, 0.05) is 25.2 Å². The summed E-state index contributed by atoms with van der Waals surface area (Å²) in [5.41, 5.74) is -1.26. The average Bonchev–Trinajstić information content (AvgIpc) is 2.73. The van der Waals surface area contributed by atoms with Gasteiger partial charge in [0.05, 0.1) is 11.7 Å². The molecule has 0 spiro atoms. The Bertz CT molecular complexity index is 744. The average molecular weight is 399 g/mol. The van der Waals surface area contributed by atoms with Crippen LogP contribution in [0.25, 0.3) is 0 Å². The molecule has 0 radical (unpaired) electrons. The number of benzene rings is 2. The Kier molecular flexibility index (Phi) is 5.46. The largest absolute Gasteiger partial charge is 0.407 e. The van der Waals surface area contributed by atoms with Gasteiger partial charge in [0.2, 0.25) is 0 Å². The van der Waals surface area contributed by atoms with Crippen LogP contribution in [0, 0.1) is 5.41 Å². The molecular formula is C23H30O4Si. The predicted molar refractivity (Wildman–Crippen MR) is 112 cm³/mol. The number of rotatable bonds is 5. The highest BCUT2D eigenvalue weighted by molar-refractivity contribution is 6.97. The van der Waals surface area contributed by atoms with E-state index in [2.05, 4.69) is 55.5 Å². The summed E-state index contributed by atoms with van der Waals surface area (Å²) in [6, 6.07) is 21.6. The summed E-state index contributed by atoms with van der Waals surface area (Å²) in [5.74, 6) is 0. The van der Waals surface area contributed by atoms with Gasteiger partial charge in [0.1, 0.15) is 6.79 Å². The molecule has 4 nitrogen and oxygen atoms in total. The fraction of sp³-hybridized carbons (Fsp3) is 0.478. The Hall–Kier alpha value is -1.50. The fourth-order valence-corrected chi connectivity index (χ4v) is 9.70. The molecule has 3 atom stereocenters. The highest BCUT2D eigenvalue weighted by atomic mass is 28.4. The van der Waals surface area contributed by atoms with E-state index in [1.807, 2.05) is 12.1 Å². The third-order valence-corrected chi connectivity index (χ3v) is 11.1. The summed E-state index contributed by atoms with van der Waals surface area (Å²) in [6.45, 7) is 2.87. The van der Waals surface area contributed by atoms with Crippen LogP contribution in [0.1, 0.15) is 26.2 Å². The SMILES string of the molecule is COCO[C@H]1CCC[C@]2(O)C[Si](c3ccccc3)(c3ccccc3)OC[C@]12C. The van der Waals surface area contributed by atoms with Gasteiger partial charge in [-0.05, 0) is 29.6 Å². The molecule has 0 aromatic heterocycles. The molecule has 1 aliphatic carbocycles. The highest BCUT2D eigenvalue weighted by Crippen LogP contribution is 2.52. The Morgan fingerprint density at radius 1 is 1.07 bits per heavy atom. The van der Waals surface area contributed by atoms with Gasteiger partial charge in [-0.1, -0.05) is 67.6 Å². The van der Waals surface area contributed by atoms with Crippen LogP contribution >= 0.6 is 0 Å². The minimum absolute atomic E-state index is 0.0650. The number of hydrogen-bond acceptors (Lipinski definition) is 4. The smallest absolute Gasteiger partial charge is 0.258 e. The Morgan fingerprint density at radius 2 is 1.68 bits per heavy atom. The second-order valence-corrected chi connectivity index (χ2v) is 11.9. The lowest BCUT2D eigenvalue weighted by Gasteiger charge is -2.59. The van der Waals surface area contributed by atoms with Gasteiger partial charge in [-0.3, -0.25) is 0 Å². The van der Waals surface area contributed by atoms with Crippen molar-refractivity contribution in [3.05, 3.63) is 60.7 Å². The molecule has 0 unspecified atom stereocenters. The van der Waals surface area contributed by atoms with Gasteiger partial charge in [-0.15, -0.1) is 0 Å². The molecule has 0 bridgehead atoms. The van der Waals surface area contributed by atoms with Crippen molar-refractivity contribution in [3.8, 4) is 0 Å². The molecule has 150 valence electrons. The lowest BCUT2D eigenvalue weighted by atomic mass is 9.63. The molecule has 2 aromatic rings. The van der Waals surface area contributed by atoms with E-state index in [4.69, 9.17) is 13.9 Å². The van der Waals surface area contributed by atoms with Gasteiger partial charge >= 0.3 is 0 Å². The summed E-state index contributed by atoms with van der Waals surface area (Å²) >= 11 is 0. The molecule has 2 aliphatic rings. The van der Waals surface area contributed by atoms with Crippen LogP contribution in [0.3, 0.4) is 0 Å². The monoisotopic (exact) mass is 398 g/mol. The summed E-state index contributed by atoms with van der Waals surface area (Å²) in [5, 5.41) is 14.5. The zero-order chi connectivity index (χ0) is 19.7. The topological polar surface area (TPSA) is 47.9 Å². The quantitative estimate of drug-likeness (QED) is 0.621. The van der Waals surface area contributed by atoms with Gasteiger partial charge in [0.15, 0.2) is 0 Å². The molecule has 1 saturated heterocycles. The minimum atomic E-state index is -2.56. The van der Waals surface area contributed by atoms with Gasteiger partial charge in [-0.25, -0.2) is 0 Å². The van der Waals surface area contributed by atoms with Crippen molar-refractivity contribution in [2.24, 2.45) is 5.41 Å². The summed E-state index contributed by atoms with van der Waals surface area (Å²) < 4.78 is 18.0. The molecular weight excluding hydrogens is 368 g/mol. The maximum Gasteiger partial charge on any atom is 0.258 e. The molecule has 0 amide bonds. The first kappa shape index (κ1) is 19.8. The van der Waals surface area contributed by atoms with E-state index in [0.29, 0.717) is 12.7 Å². The van der Waals surface area contributed by atoms with E-state index < -0.39 is 19.3 Å². The Balaban J connectivity index is 1.76. The van der Waals surface area contributed by atoms with Crippen molar-refractivity contribution >= 4 is 18.7 Å². The van der Waals surface area contributed by atoms with Gasteiger partial charge in [0.25, 0.3) is 8.32 Å². The molecule has 1 N–H and O–H groups in total. The third-order valence-electron chi connectivity index (χ3n) is 6.86. The van der Waals surface area contributed by atoms with E-state index in [1.54, 1.807) is 7.11 Å². The first-order chi connectivity index (χ1) is 13.5. The van der Waals surface area contributed by atoms with Crippen LogP contribution in [0.15, 0.2) is 60.7 Å². The maximum atomic E-state index is 12.0. The standard InChI is InChI=1S/C23H30O4Si/c1-22-16-27-28(19-10-5-3-6-11-19,20-12-7-4-8-13-20)17-23(22,24)15-9-14-21(22)26-18-25-2/h3-8,10-13,21,24H,9,14-18H2,1-2H3/t21-,22+,23-/m0/s1. The number of ether oxygens (including phenoxy) is 2. The Labute approximate surface area is 168 Å². The zero-order valence-electron chi connectivity index (χ0n) is 16.8. The normalized spacial score (nSPS) is 31.9. The van der Waals surface area contributed by atoms with Crippen LogP contribution in [0.5, 0.6) is 0 Å². The van der Waals surface area contributed by atoms with Crippen molar-refractivity contribution in [3.63, 3.8) is 0 Å². The van der Waals surface area contributed by atoms with Crippen molar-refractivity contribution < 1.29 is 19.0 Å². The Morgan fingerprint density at radius 3 is 2.25 bits per heavy atom. The fourth-order valence-electron chi connectivity index (χ4n) is 5.11. The van der Waals surface area contributed by atoms with E-state index in [-0.39, 0.29) is 12.9 Å². The summed E-state index contributed by atoms with van der Waals surface area (Å²) in [6.07, 6.45) is 2.60.